The highest BCUT2D eigenvalue weighted by atomic mass is 35.5. The van der Waals surface area contributed by atoms with E-state index in [4.69, 9.17) is 17.3 Å². The molecule has 0 fully saturated rings. The van der Waals surface area contributed by atoms with E-state index < -0.39 is 0 Å². The lowest BCUT2D eigenvalue weighted by Gasteiger charge is -2.26. The van der Waals surface area contributed by atoms with Crippen molar-refractivity contribution in [2.24, 2.45) is 5.73 Å². The topological polar surface area (TPSA) is 29.3 Å². The molecule has 2 nitrogen and oxygen atoms in total. The Balaban J connectivity index is 2.41. The van der Waals surface area contributed by atoms with E-state index in [0.717, 1.165) is 17.1 Å². The molecule has 0 radical (unpaired) electrons. The predicted molar refractivity (Wildman–Crippen MR) is 61.0 cm³/mol. The summed E-state index contributed by atoms with van der Waals surface area (Å²) in [6.07, 6.45) is 1.00. The number of halogens is 1. The van der Waals surface area contributed by atoms with Crippen LogP contribution in [0.5, 0.6) is 0 Å². The number of fused-ring (bicyclic) bond motifs is 1. The third-order valence-corrected chi connectivity index (χ3v) is 3.26. The smallest absolute Gasteiger partial charge is 0.0642 e. The summed E-state index contributed by atoms with van der Waals surface area (Å²) in [7, 11) is 2.06. The lowest BCUT2D eigenvalue weighted by Crippen LogP contribution is -2.42. The Hall–Kier alpha value is -0.730. The first-order chi connectivity index (χ1) is 6.61. The Morgan fingerprint density at radius 3 is 2.86 bits per heavy atom. The van der Waals surface area contributed by atoms with Crippen LogP contribution in [0.3, 0.4) is 0 Å². The van der Waals surface area contributed by atoms with E-state index in [-0.39, 0.29) is 6.04 Å². The summed E-state index contributed by atoms with van der Waals surface area (Å²) < 4.78 is 0. The van der Waals surface area contributed by atoms with Crippen LogP contribution in [0.4, 0.5) is 5.69 Å². The van der Waals surface area contributed by atoms with Crippen molar-refractivity contribution < 1.29 is 0 Å². The molecule has 0 bridgehead atoms. The fraction of sp³-hybridized carbons (Fsp3) is 0.455. The van der Waals surface area contributed by atoms with Gasteiger partial charge in [0.25, 0.3) is 0 Å². The van der Waals surface area contributed by atoms with Crippen LogP contribution < -0.4 is 10.6 Å². The molecule has 2 unspecified atom stereocenters. The summed E-state index contributed by atoms with van der Waals surface area (Å²) in [5.41, 5.74) is 8.39. The van der Waals surface area contributed by atoms with Gasteiger partial charge in [0.15, 0.2) is 0 Å². The Bertz CT molecular complexity index is 349. The van der Waals surface area contributed by atoms with Crippen LogP contribution in [0.1, 0.15) is 12.5 Å². The number of hydrogen-bond donors (Lipinski definition) is 1. The van der Waals surface area contributed by atoms with E-state index in [2.05, 4.69) is 18.0 Å². The first-order valence-corrected chi connectivity index (χ1v) is 5.25. The van der Waals surface area contributed by atoms with Crippen molar-refractivity contribution >= 4 is 17.3 Å². The minimum atomic E-state index is 0.170. The average Bonchev–Trinajstić information content (AvgIpc) is 2.45. The summed E-state index contributed by atoms with van der Waals surface area (Å²) >= 11 is 6.15. The molecule has 0 amide bonds. The average molecular weight is 211 g/mol. The number of nitrogens with two attached hydrogens (primary N) is 1. The maximum absolute atomic E-state index is 6.15. The zero-order valence-corrected chi connectivity index (χ0v) is 9.25. The standard InChI is InChI=1S/C11H15ClN2/c1-7(13)10-6-8-4-3-5-9(12)11(8)14(10)2/h3-5,7,10H,6,13H2,1-2H3. The second kappa shape index (κ2) is 3.44. The third kappa shape index (κ3) is 1.39. The number of nitrogens with zero attached hydrogens (tertiary/aromatic N) is 1. The van der Waals surface area contributed by atoms with Gasteiger partial charge in [-0.25, -0.2) is 0 Å². The molecule has 2 rings (SSSR count). The van der Waals surface area contributed by atoms with Crippen LogP contribution in [0.25, 0.3) is 0 Å². The molecule has 1 aliphatic rings. The van der Waals surface area contributed by atoms with E-state index in [0.29, 0.717) is 6.04 Å². The quantitative estimate of drug-likeness (QED) is 0.769. The molecular formula is C11H15ClN2. The summed E-state index contributed by atoms with van der Waals surface area (Å²) in [6.45, 7) is 2.04. The molecule has 2 atom stereocenters. The van der Waals surface area contributed by atoms with Crippen LogP contribution >= 0.6 is 11.6 Å². The van der Waals surface area contributed by atoms with Gasteiger partial charge in [-0.05, 0) is 25.0 Å². The van der Waals surface area contributed by atoms with E-state index in [1.54, 1.807) is 0 Å². The highest BCUT2D eigenvalue weighted by Crippen LogP contribution is 2.37. The monoisotopic (exact) mass is 210 g/mol. The van der Waals surface area contributed by atoms with Gasteiger partial charge in [-0.3, -0.25) is 0 Å². The molecule has 2 N–H and O–H groups in total. The fourth-order valence-electron chi connectivity index (χ4n) is 2.19. The van der Waals surface area contributed by atoms with Gasteiger partial charge in [0.1, 0.15) is 0 Å². The molecule has 1 aromatic rings. The van der Waals surface area contributed by atoms with Gasteiger partial charge >= 0.3 is 0 Å². The van der Waals surface area contributed by atoms with Crippen molar-refractivity contribution in [1.29, 1.82) is 0 Å². The van der Waals surface area contributed by atoms with E-state index in [1.807, 2.05) is 19.1 Å². The molecular weight excluding hydrogens is 196 g/mol. The van der Waals surface area contributed by atoms with Crippen LogP contribution in [-0.4, -0.2) is 19.1 Å². The third-order valence-electron chi connectivity index (χ3n) is 2.96. The Morgan fingerprint density at radius 2 is 2.29 bits per heavy atom. The fourth-order valence-corrected chi connectivity index (χ4v) is 2.51. The number of hydrogen-bond acceptors (Lipinski definition) is 2. The molecule has 1 aliphatic heterocycles. The number of rotatable bonds is 1. The van der Waals surface area contributed by atoms with Crippen molar-refractivity contribution in [2.75, 3.05) is 11.9 Å². The Labute approximate surface area is 89.7 Å². The molecule has 0 spiro atoms. The van der Waals surface area contributed by atoms with Gasteiger partial charge in [0.05, 0.1) is 10.7 Å². The molecule has 1 aromatic carbocycles. The van der Waals surface area contributed by atoms with Gasteiger partial charge in [0, 0.05) is 19.1 Å². The van der Waals surface area contributed by atoms with Crippen molar-refractivity contribution in [1.82, 2.24) is 0 Å². The van der Waals surface area contributed by atoms with Crippen molar-refractivity contribution in [3.63, 3.8) is 0 Å². The van der Waals surface area contributed by atoms with Crippen molar-refractivity contribution in [2.45, 2.75) is 25.4 Å². The molecule has 0 saturated heterocycles. The summed E-state index contributed by atoms with van der Waals surface area (Å²) in [4.78, 5) is 2.20. The SMILES string of the molecule is CC(N)C1Cc2cccc(Cl)c2N1C. The van der Waals surface area contributed by atoms with Gasteiger partial charge in [-0.2, -0.15) is 0 Å². The lowest BCUT2D eigenvalue weighted by atomic mass is 10.1. The van der Waals surface area contributed by atoms with Crippen molar-refractivity contribution in [3.05, 3.63) is 28.8 Å². The summed E-state index contributed by atoms with van der Waals surface area (Å²) in [5.74, 6) is 0. The van der Waals surface area contributed by atoms with Gasteiger partial charge in [-0.15, -0.1) is 0 Å². The summed E-state index contributed by atoms with van der Waals surface area (Å²) in [5, 5.41) is 0.827. The zero-order valence-electron chi connectivity index (χ0n) is 8.50. The van der Waals surface area contributed by atoms with Crippen LogP contribution in [0.15, 0.2) is 18.2 Å². The lowest BCUT2D eigenvalue weighted by molar-refractivity contribution is 0.556. The van der Waals surface area contributed by atoms with Crippen LogP contribution in [-0.2, 0) is 6.42 Å². The minimum Gasteiger partial charge on any atom is -0.368 e. The minimum absolute atomic E-state index is 0.170. The molecule has 14 heavy (non-hydrogen) atoms. The molecule has 0 aliphatic carbocycles. The number of para-hydroxylation sites is 1. The Kier molecular flexibility index (Phi) is 2.41. The van der Waals surface area contributed by atoms with Gasteiger partial charge in [0.2, 0.25) is 0 Å². The maximum atomic E-state index is 6.15. The van der Waals surface area contributed by atoms with Gasteiger partial charge < -0.3 is 10.6 Å². The first-order valence-electron chi connectivity index (χ1n) is 4.87. The number of likely N-dealkylation sites (N-methyl/N-ethyl adjacent to an activating group) is 1. The second-order valence-electron chi connectivity index (χ2n) is 3.99. The van der Waals surface area contributed by atoms with E-state index in [1.165, 1.54) is 5.56 Å². The summed E-state index contributed by atoms with van der Waals surface area (Å²) in [6, 6.07) is 6.60. The number of benzene rings is 1. The van der Waals surface area contributed by atoms with Crippen LogP contribution in [0.2, 0.25) is 5.02 Å². The number of anilines is 1. The van der Waals surface area contributed by atoms with E-state index >= 15 is 0 Å². The van der Waals surface area contributed by atoms with E-state index in [9.17, 15) is 0 Å². The zero-order chi connectivity index (χ0) is 10.3. The second-order valence-corrected chi connectivity index (χ2v) is 4.40. The molecule has 1 heterocycles. The highest BCUT2D eigenvalue weighted by Gasteiger charge is 2.30. The Morgan fingerprint density at radius 1 is 1.57 bits per heavy atom. The largest absolute Gasteiger partial charge is 0.368 e. The molecule has 3 heteroatoms. The molecule has 0 saturated carbocycles. The maximum Gasteiger partial charge on any atom is 0.0642 e. The molecule has 76 valence electrons. The first kappa shape index (κ1) is 9.81. The normalized spacial score (nSPS) is 22.3. The highest BCUT2D eigenvalue weighted by molar-refractivity contribution is 6.33. The van der Waals surface area contributed by atoms with Crippen molar-refractivity contribution in [3.8, 4) is 0 Å². The molecule has 0 aromatic heterocycles. The predicted octanol–water partition coefficient (Wildman–Crippen LogP) is 2.05. The van der Waals surface area contributed by atoms with Gasteiger partial charge in [-0.1, -0.05) is 23.7 Å². The van der Waals surface area contributed by atoms with Crippen LogP contribution in [0, 0.1) is 0 Å².